The molecule has 0 radical (unpaired) electrons. The Morgan fingerprint density at radius 1 is 1.28 bits per heavy atom. The van der Waals surface area contributed by atoms with Crippen LogP contribution in [0.4, 0.5) is 0 Å². The highest BCUT2D eigenvalue weighted by molar-refractivity contribution is 9.12. The molecule has 3 amide bonds. The molecular formula is C17H18Br2N2O4. The maximum Gasteiger partial charge on any atom is 0.243 e. The SMILES string of the molecule is C[C@H](C(=O)NCc1ccco1)N1C(=O)[C@@H]2[C@H]3C[C@@H]([C@H](Br)[C@H]3Br)[C@H]2C1=O. The van der Waals surface area contributed by atoms with Gasteiger partial charge in [0.1, 0.15) is 11.8 Å². The van der Waals surface area contributed by atoms with E-state index in [4.69, 9.17) is 4.42 Å². The number of nitrogens with zero attached hydrogens (tertiary/aromatic N) is 1. The molecule has 1 saturated heterocycles. The first kappa shape index (κ1) is 17.3. The summed E-state index contributed by atoms with van der Waals surface area (Å²) in [6.45, 7) is 1.84. The average molecular weight is 474 g/mol. The molecule has 7 atom stereocenters. The third-order valence-corrected chi connectivity index (χ3v) is 9.01. The summed E-state index contributed by atoms with van der Waals surface area (Å²) in [6, 6.07) is 2.68. The molecule has 4 rings (SSSR count). The van der Waals surface area contributed by atoms with E-state index in [1.165, 1.54) is 11.2 Å². The van der Waals surface area contributed by atoms with Gasteiger partial charge in [-0.1, -0.05) is 31.9 Å². The number of hydrogen-bond acceptors (Lipinski definition) is 4. The van der Waals surface area contributed by atoms with Crippen molar-refractivity contribution in [1.29, 1.82) is 0 Å². The van der Waals surface area contributed by atoms with Gasteiger partial charge in [-0.15, -0.1) is 0 Å². The number of likely N-dealkylation sites (tertiary alicyclic amines) is 1. The van der Waals surface area contributed by atoms with Crippen LogP contribution in [-0.4, -0.2) is 38.3 Å². The minimum atomic E-state index is -0.817. The first-order valence-electron chi connectivity index (χ1n) is 8.37. The summed E-state index contributed by atoms with van der Waals surface area (Å²) in [6.07, 6.45) is 2.41. The molecule has 25 heavy (non-hydrogen) atoms. The first-order chi connectivity index (χ1) is 11.9. The Labute approximate surface area is 161 Å². The summed E-state index contributed by atoms with van der Waals surface area (Å²) in [5.41, 5.74) is 0. The van der Waals surface area contributed by atoms with Crippen LogP contribution >= 0.6 is 31.9 Å². The fourth-order valence-electron chi connectivity index (χ4n) is 4.61. The number of hydrogen-bond donors (Lipinski definition) is 1. The number of rotatable bonds is 4. The van der Waals surface area contributed by atoms with Crippen LogP contribution in [0, 0.1) is 23.7 Å². The van der Waals surface area contributed by atoms with Gasteiger partial charge in [0.2, 0.25) is 17.7 Å². The van der Waals surface area contributed by atoms with E-state index in [2.05, 4.69) is 37.2 Å². The lowest BCUT2D eigenvalue weighted by Crippen LogP contribution is -2.48. The van der Waals surface area contributed by atoms with Crippen LogP contribution in [0.3, 0.4) is 0 Å². The van der Waals surface area contributed by atoms with Crippen LogP contribution in [0.2, 0.25) is 0 Å². The molecule has 0 aromatic carbocycles. The van der Waals surface area contributed by atoms with Crippen molar-refractivity contribution in [1.82, 2.24) is 10.2 Å². The third-order valence-electron chi connectivity index (χ3n) is 5.80. The zero-order valence-electron chi connectivity index (χ0n) is 13.5. The number of carbonyl (C=O) groups excluding carboxylic acids is 3. The molecule has 1 aromatic heterocycles. The molecule has 0 spiro atoms. The maximum absolute atomic E-state index is 12.9. The van der Waals surface area contributed by atoms with Gasteiger partial charge < -0.3 is 9.73 Å². The van der Waals surface area contributed by atoms with E-state index in [-0.39, 0.29) is 57.6 Å². The molecule has 2 bridgehead atoms. The molecule has 0 unspecified atom stereocenters. The van der Waals surface area contributed by atoms with Gasteiger partial charge in [-0.2, -0.15) is 0 Å². The predicted octanol–water partition coefficient (Wildman–Crippen LogP) is 2.06. The van der Waals surface area contributed by atoms with Crippen molar-refractivity contribution in [2.75, 3.05) is 0 Å². The van der Waals surface area contributed by atoms with Gasteiger partial charge in [-0.3, -0.25) is 19.3 Å². The second kappa shape index (κ2) is 6.23. The Hall–Kier alpha value is -1.15. The fraction of sp³-hybridized carbons (Fsp3) is 0.588. The Morgan fingerprint density at radius 2 is 1.88 bits per heavy atom. The summed E-state index contributed by atoms with van der Waals surface area (Å²) < 4.78 is 5.18. The minimum Gasteiger partial charge on any atom is -0.467 e. The third kappa shape index (κ3) is 2.51. The average Bonchev–Trinajstić information content (AvgIpc) is 3.33. The zero-order valence-corrected chi connectivity index (χ0v) is 16.7. The van der Waals surface area contributed by atoms with Crippen molar-refractivity contribution >= 4 is 49.6 Å². The summed E-state index contributed by atoms with van der Waals surface area (Å²) in [5, 5.41) is 2.73. The van der Waals surface area contributed by atoms with E-state index >= 15 is 0 Å². The minimum absolute atomic E-state index is 0.152. The van der Waals surface area contributed by atoms with E-state index in [1.54, 1.807) is 19.1 Å². The van der Waals surface area contributed by atoms with Crippen LogP contribution < -0.4 is 5.32 Å². The van der Waals surface area contributed by atoms with Crippen LogP contribution in [0.1, 0.15) is 19.1 Å². The molecule has 1 aromatic rings. The number of carbonyl (C=O) groups is 3. The van der Waals surface area contributed by atoms with Crippen molar-refractivity contribution in [2.24, 2.45) is 23.7 Å². The van der Waals surface area contributed by atoms with Gasteiger partial charge in [0.15, 0.2) is 0 Å². The molecule has 134 valence electrons. The highest BCUT2D eigenvalue weighted by Gasteiger charge is 2.67. The summed E-state index contributed by atoms with van der Waals surface area (Å²) in [7, 11) is 0. The molecule has 2 saturated carbocycles. The van der Waals surface area contributed by atoms with Crippen molar-refractivity contribution in [3.05, 3.63) is 24.2 Å². The van der Waals surface area contributed by atoms with Crippen molar-refractivity contribution in [3.8, 4) is 0 Å². The topological polar surface area (TPSA) is 79.6 Å². The van der Waals surface area contributed by atoms with E-state index in [0.717, 1.165) is 6.42 Å². The van der Waals surface area contributed by atoms with Crippen molar-refractivity contribution in [2.45, 2.75) is 35.6 Å². The predicted molar refractivity (Wildman–Crippen MR) is 95.9 cm³/mol. The number of fused-ring (bicyclic) bond motifs is 5. The van der Waals surface area contributed by atoms with Crippen molar-refractivity contribution < 1.29 is 18.8 Å². The van der Waals surface area contributed by atoms with Gasteiger partial charge >= 0.3 is 0 Å². The number of nitrogens with one attached hydrogen (secondary N) is 1. The lowest BCUT2D eigenvalue weighted by molar-refractivity contribution is -0.148. The van der Waals surface area contributed by atoms with Crippen LogP contribution in [0.15, 0.2) is 22.8 Å². The smallest absolute Gasteiger partial charge is 0.243 e. The molecular weight excluding hydrogens is 456 g/mol. The molecule has 6 nitrogen and oxygen atoms in total. The summed E-state index contributed by atoms with van der Waals surface area (Å²) >= 11 is 7.32. The normalized spacial score (nSPS) is 37.5. The Balaban J connectivity index is 1.48. The van der Waals surface area contributed by atoms with Gasteiger partial charge in [0, 0.05) is 9.65 Å². The summed E-state index contributed by atoms with van der Waals surface area (Å²) in [5.74, 6) is -0.417. The second-order valence-corrected chi connectivity index (χ2v) is 9.14. The van der Waals surface area contributed by atoms with E-state index in [0.29, 0.717) is 5.76 Å². The van der Waals surface area contributed by atoms with Gasteiger partial charge in [0.25, 0.3) is 0 Å². The summed E-state index contributed by atoms with van der Waals surface area (Å²) in [4.78, 5) is 39.8. The van der Waals surface area contributed by atoms with Gasteiger partial charge in [-0.25, -0.2) is 0 Å². The number of halogens is 2. The maximum atomic E-state index is 12.9. The number of furan rings is 1. The van der Waals surface area contributed by atoms with Crippen LogP contribution in [0.25, 0.3) is 0 Å². The Bertz CT molecular complexity index is 690. The van der Waals surface area contributed by atoms with E-state index in [9.17, 15) is 14.4 Å². The second-order valence-electron chi connectivity index (χ2n) is 7.02. The van der Waals surface area contributed by atoms with E-state index in [1.807, 2.05) is 0 Å². The van der Waals surface area contributed by atoms with Gasteiger partial charge in [0.05, 0.1) is 24.6 Å². The quantitative estimate of drug-likeness (QED) is 0.536. The standard InChI is InChI=1S/C17H18Br2N2O4/c1-7(15(22)20-6-8-3-2-4-25-8)21-16(23)11-9-5-10(12(11)17(21)24)14(19)13(9)18/h2-4,7,9-14H,5-6H2,1H3,(H,20,22)/t7-,9-,10-,11-,12-,13+,14+/m1/s1. The number of amides is 3. The van der Waals surface area contributed by atoms with Gasteiger partial charge in [-0.05, 0) is 37.3 Å². The molecule has 3 aliphatic rings. The number of imide groups is 1. The molecule has 2 aliphatic carbocycles. The Morgan fingerprint density at radius 3 is 2.40 bits per heavy atom. The first-order valence-corrected chi connectivity index (χ1v) is 10.2. The molecule has 1 N–H and O–H groups in total. The fourth-order valence-corrected chi connectivity index (χ4v) is 6.48. The van der Waals surface area contributed by atoms with Crippen LogP contribution in [0.5, 0.6) is 0 Å². The largest absolute Gasteiger partial charge is 0.467 e. The lowest BCUT2D eigenvalue weighted by atomic mass is 9.81. The zero-order chi connectivity index (χ0) is 17.9. The van der Waals surface area contributed by atoms with Crippen LogP contribution in [-0.2, 0) is 20.9 Å². The molecule has 8 heteroatoms. The molecule has 3 fully saturated rings. The lowest BCUT2D eigenvalue weighted by Gasteiger charge is -2.28. The highest BCUT2D eigenvalue weighted by Crippen LogP contribution is 2.60. The van der Waals surface area contributed by atoms with E-state index < -0.39 is 6.04 Å². The monoisotopic (exact) mass is 472 g/mol. The number of alkyl halides is 2. The highest BCUT2D eigenvalue weighted by atomic mass is 79.9. The molecule has 2 heterocycles. The molecule has 1 aliphatic heterocycles. The Kier molecular flexibility index (Phi) is 4.30. The van der Waals surface area contributed by atoms with Crippen molar-refractivity contribution in [3.63, 3.8) is 0 Å².